The number of para-hydroxylation sites is 2. The van der Waals surface area contributed by atoms with E-state index >= 15 is 0 Å². The lowest BCUT2D eigenvalue weighted by Gasteiger charge is -2.27. The molecule has 1 atom stereocenters. The lowest BCUT2D eigenvalue weighted by molar-refractivity contribution is -0.117. The van der Waals surface area contributed by atoms with Gasteiger partial charge in [-0.15, -0.1) is 0 Å². The number of furan rings is 1. The first kappa shape index (κ1) is 21.0. The molecule has 33 heavy (non-hydrogen) atoms. The largest absolute Gasteiger partial charge is 0.506 e. The summed E-state index contributed by atoms with van der Waals surface area (Å²) >= 11 is 3.40. The maximum absolute atomic E-state index is 13.6. The van der Waals surface area contributed by atoms with Crippen LogP contribution in [0.3, 0.4) is 0 Å². The number of halogens is 1. The van der Waals surface area contributed by atoms with Gasteiger partial charge in [0.15, 0.2) is 11.5 Å². The van der Waals surface area contributed by atoms with Crippen molar-refractivity contribution in [2.45, 2.75) is 13.0 Å². The van der Waals surface area contributed by atoms with Crippen molar-refractivity contribution in [3.8, 4) is 5.75 Å². The molecule has 164 valence electrons. The van der Waals surface area contributed by atoms with Crippen LogP contribution < -0.4 is 4.90 Å². The Morgan fingerprint density at radius 3 is 2.55 bits per heavy atom. The number of aliphatic hydroxyl groups excluding tert-OH is 1. The van der Waals surface area contributed by atoms with Crippen LogP contribution in [-0.2, 0) is 4.79 Å². The first-order valence-electron chi connectivity index (χ1n) is 10.2. The number of anilines is 1. The van der Waals surface area contributed by atoms with Crippen LogP contribution in [0, 0.1) is 6.92 Å². The molecule has 6 nitrogen and oxygen atoms in total. The molecule has 2 N–H and O–H groups in total. The van der Waals surface area contributed by atoms with E-state index in [1.54, 1.807) is 42.5 Å². The van der Waals surface area contributed by atoms with Crippen LogP contribution in [0.1, 0.15) is 27.7 Å². The van der Waals surface area contributed by atoms with E-state index in [0.29, 0.717) is 16.5 Å². The summed E-state index contributed by atoms with van der Waals surface area (Å²) in [6.07, 6.45) is 0. The van der Waals surface area contributed by atoms with Gasteiger partial charge in [-0.05, 0) is 48.9 Å². The van der Waals surface area contributed by atoms with Gasteiger partial charge in [0.05, 0.1) is 17.3 Å². The van der Waals surface area contributed by atoms with E-state index in [1.165, 1.54) is 11.0 Å². The topological polar surface area (TPSA) is 91.0 Å². The van der Waals surface area contributed by atoms with Crippen LogP contribution in [0.15, 0.2) is 93.0 Å². The number of hydrogen-bond acceptors (Lipinski definition) is 5. The number of Topliss-reactive ketones (excluding diaryl/α,β-unsaturated/α-hetero) is 1. The third-order valence-electron chi connectivity index (χ3n) is 5.65. The Morgan fingerprint density at radius 1 is 1.00 bits per heavy atom. The molecule has 0 fully saturated rings. The summed E-state index contributed by atoms with van der Waals surface area (Å²) in [7, 11) is 0. The van der Waals surface area contributed by atoms with Crippen LogP contribution in [0.25, 0.3) is 11.0 Å². The molecule has 2 heterocycles. The number of fused-ring (bicyclic) bond motifs is 1. The number of ketones is 1. The van der Waals surface area contributed by atoms with Gasteiger partial charge < -0.3 is 14.6 Å². The minimum absolute atomic E-state index is 0.00855. The molecule has 1 unspecified atom stereocenters. The molecule has 0 radical (unpaired) electrons. The van der Waals surface area contributed by atoms with Gasteiger partial charge in [0.1, 0.15) is 11.3 Å². The highest BCUT2D eigenvalue weighted by molar-refractivity contribution is 9.10. The molecule has 5 rings (SSSR count). The minimum atomic E-state index is -0.946. The van der Waals surface area contributed by atoms with Gasteiger partial charge in [0.25, 0.3) is 5.91 Å². The summed E-state index contributed by atoms with van der Waals surface area (Å²) in [5, 5.41) is 22.0. The highest BCUT2D eigenvalue weighted by Crippen LogP contribution is 2.44. The third-order valence-corrected chi connectivity index (χ3v) is 6.15. The summed E-state index contributed by atoms with van der Waals surface area (Å²) in [6, 6.07) is 19.6. The normalized spacial score (nSPS) is 16.1. The van der Waals surface area contributed by atoms with Gasteiger partial charge in [-0.1, -0.05) is 57.9 Å². The summed E-state index contributed by atoms with van der Waals surface area (Å²) in [4.78, 5) is 28.1. The Kier molecular flexibility index (Phi) is 5.06. The first-order valence-corrected chi connectivity index (χ1v) is 11.0. The van der Waals surface area contributed by atoms with Crippen molar-refractivity contribution < 1.29 is 24.2 Å². The predicted octanol–water partition coefficient (Wildman–Crippen LogP) is 5.99. The zero-order valence-electron chi connectivity index (χ0n) is 17.4. The maximum Gasteiger partial charge on any atom is 0.294 e. The van der Waals surface area contributed by atoms with E-state index in [4.69, 9.17) is 4.42 Å². The average Bonchev–Trinajstić information content (AvgIpc) is 3.32. The van der Waals surface area contributed by atoms with Crippen molar-refractivity contribution >= 4 is 44.3 Å². The van der Waals surface area contributed by atoms with E-state index in [9.17, 15) is 19.8 Å². The number of phenolic OH excluding ortho intramolecular Hbond substituents is 1. The fraction of sp³-hybridized carbons (Fsp3) is 0.0769. The molecule has 1 aliphatic heterocycles. The predicted molar refractivity (Wildman–Crippen MR) is 127 cm³/mol. The number of amides is 1. The van der Waals surface area contributed by atoms with Crippen LogP contribution >= 0.6 is 15.9 Å². The molecule has 1 aromatic heterocycles. The van der Waals surface area contributed by atoms with Crippen molar-refractivity contribution in [3.63, 3.8) is 0 Å². The molecular weight excluding hydrogens is 486 g/mol. The molecule has 1 amide bonds. The summed E-state index contributed by atoms with van der Waals surface area (Å²) < 4.78 is 6.59. The Bertz CT molecular complexity index is 1470. The van der Waals surface area contributed by atoms with E-state index in [1.807, 2.05) is 31.2 Å². The second kappa shape index (κ2) is 7.94. The average molecular weight is 504 g/mol. The molecule has 0 saturated heterocycles. The molecule has 7 heteroatoms. The number of benzene rings is 3. The number of aromatic hydroxyl groups is 1. The van der Waals surface area contributed by atoms with Crippen molar-refractivity contribution in [3.05, 3.63) is 105 Å². The number of nitrogens with zero attached hydrogens (tertiary/aromatic N) is 1. The Morgan fingerprint density at radius 2 is 1.79 bits per heavy atom. The van der Waals surface area contributed by atoms with Crippen molar-refractivity contribution in [2.75, 3.05) is 4.90 Å². The van der Waals surface area contributed by atoms with Crippen LogP contribution in [-0.4, -0.2) is 21.9 Å². The van der Waals surface area contributed by atoms with Crippen LogP contribution in [0.5, 0.6) is 5.75 Å². The Hall–Kier alpha value is -3.84. The van der Waals surface area contributed by atoms with E-state index in [0.717, 1.165) is 10.0 Å². The highest BCUT2D eigenvalue weighted by Gasteiger charge is 2.46. The number of carbonyl (C=O) groups excluding carboxylic acids is 2. The first-order chi connectivity index (χ1) is 15.8. The monoisotopic (exact) mass is 503 g/mol. The highest BCUT2D eigenvalue weighted by atomic mass is 79.9. The van der Waals surface area contributed by atoms with Gasteiger partial charge in [-0.2, -0.15) is 0 Å². The second-order valence-electron chi connectivity index (χ2n) is 7.86. The zero-order chi connectivity index (χ0) is 23.3. The van der Waals surface area contributed by atoms with E-state index < -0.39 is 23.5 Å². The fourth-order valence-corrected chi connectivity index (χ4v) is 4.55. The zero-order valence-corrected chi connectivity index (χ0v) is 19.0. The molecule has 1 aliphatic rings. The molecular formula is C26H18BrNO5. The van der Waals surface area contributed by atoms with Crippen molar-refractivity contribution in [1.82, 2.24) is 0 Å². The Labute approximate surface area is 197 Å². The number of hydrogen-bond donors (Lipinski definition) is 2. The van der Waals surface area contributed by atoms with Gasteiger partial charge in [-0.3, -0.25) is 14.5 Å². The summed E-state index contributed by atoms with van der Waals surface area (Å²) in [5.74, 6) is -2.17. The smallest absolute Gasteiger partial charge is 0.294 e. The molecule has 0 aliphatic carbocycles. The third kappa shape index (κ3) is 3.50. The molecule has 3 aromatic carbocycles. The lowest BCUT2D eigenvalue weighted by Crippen LogP contribution is -2.31. The van der Waals surface area contributed by atoms with Gasteiger partial charge in [0, 0.05) is 9.86 Å². The second-order valence-corrected chi connectivity index (χ2v) is 8.78. The SMILES string of the molecule is Cc1cccc(C2C(C(=O)c3cc4cc(Br)ccc4o3)=C(O)C(=O)N2c2ccccc2O)c1. The van der Waals surface area contributed by atoms with E-state index in [-0.39, 0.29) is 22.8 Å². The van der Waals surface area contributed by atoms with Gasteiger partial charge in [0.2, 0.25) is 5.78 Å². The number of phenols is 1. The molecule has 4 aromatic rings. The van der Waals surface area contributed by atoms with Crippen molar-refractivity contribution in [1.29, 1.82) is 0 Å². The van der Waals surface area contributed by atoms with Gasteiger partial charge in [-0.25, -0.2) is 0 Å². The quantitative estimate of drug-likeness (QED) is 0.333. The minimum Gasteiger partial charge on any atom is -0.506 e. The lowest BCUT2D eigenvalue weighted by atomic mass is 9.93. The fourth-order valence-electron chi connectivity index (χ4n) is 4.17. The standard InChI is InChI=1S/C26H18BrNO5/c1-14-5-4-6-15(11-14)23-22(24(30)21-13-16-12-17(27)9-10-20(16)33-21)25(31)26(32)28(23)18-7-2-3-8-19(18)29/h2-13,23,29,31H,1H3. The maximum atomic E-state index is 13.6. The number of aryl methyl sites for hydroxylation is 1. The number of aliphatic hydroxyl groups is 1. The summed E-state index contributed by atoms with van der Waals surface area (Å²) in [6.45, 7) is 1.90. The van der Waals surface area contributed by atoms with Gasteiger partial charge >= 0.3 is 0 Å². The van der Waals surface area contributed by atoms with Crippen LogP contribution in [0.2, 0.25) is 0 Å². The summed E-state index contributed by atoms with van der Waals surface area (Å²) in [5.41, 5.74) is 2.14. The molecule has 0 spiro atoms. The molecule has 0 bridgehead atoms. The Balaban J connectivity index is 1.68. The number of carbonyl (C=O) groups is 2. The van der Waals surface area contributed by atoms with Crippen molar-refractivity contribution in [2.24, 2.45) is 0 Å². The van der Waals surface area contributed by atoms with Crippen LogP contribution in [0.4, 0.5) is 5.69 Å². The van der Waals surface area contributed by atoms with E-state index in [2.05, 4.69) is 15.9 Å². The molecule has 0 saturated carbocycles. The number of rotatable bonds is 4.